The second-order valence-corrected chi connectivity index (χ2v) is 6.14. The van der Waals surface area contributed by atoms with E-state index in [1.807, 2.05) is 37.3 Å². The Kier molecular flexibility index (Phi) is 8.18. The average Bonchev–Trinajstić information content (AvgIpc) is 2.27. The van der Waals surface area contributed by atoms with Crippen molar-refractivity contribution in [3.63, 3.8) is 0 Å². The van der Waals surface area contributed by atoms with Gasteiger partial charge in [-0.2, -0.15) is 0 Å². The zero-order valence-corrected chi connectivity index (χ0v) is 12.1. The molecule has 18 heavy (non-hydrogen) atoms. The summed E-state index contributed by atoms with van der Waals surface area (Å²) in [6.45, 7) is 2.27. The fraction of sp³-hybridized carbons (Fsp3) is 0.500. The lowest BCUT2D eigenvalue weighted by Gasteiger charge is -2.08. The smallest absolute Gasteiger partial charge is 0.211 e. The maximum Gasteiger partial charge on any atom is 0.211 e. The van der Waals surface area contributed by atoms with Crippen LogP contribution in [0.15, 0.2) is 30.3 Å². The first-order valence-electron chi connectivity index (χ1n) is 5.76. The highest BCUT2D eigenvalue weighted by Gasteiger charge is 2.09. The highest BCUT2D eigenvalue weighted by molar-refractivity contribution is 7.89. The Hall–Kier alpha value is -0.620. The highest BCUT2D eigenvalue weighted by Crippen LogP contribution is 2.01. The molecule has 6 heteroatoms. The van der Waals surface area contributed by atoms with Crippen molar-refractivity contribution in [3.05, 3.63) is 35.9 Å². The number of hydrogen-bond acceptors (Lipinski definition) is 3. The summed E-state index contributed by atoms with van der Waals surface area (Å²) in [6, 6.07) is 9.61. The van der Waals surface area contributed by atoms with Crippen LogP contribution in [0, 0.1) is 0 Å². The van der Waals surface area contributed by atoms with E-state index in [2.05, 4.69) is 4.72 Å². The lowest BCUT2D eigenvalue weighted by Crippen LogP contribution is -2.31. The Morgan fingerprint density at radius 2 is 1.89 bits per heavy atom. The third-order valence-corrected chi connectivity index (χ3v) is 3.81. The van der Waals surface area contributed by atoms with Crippen molar-refractivity contribution in [2.24, 2.45) is 5.73 Å². The predicted molar refractivity (Wildman–Crippen MR) is 77.4 cm³/mol. The van der Waals surface area contributed by atoms with Crippen LogP contribution in [0.3, 0.4) is 0 Å². The maximum absolute atomic E-state index is 11.6. The van der Waals surface area contributed by atoms with Gasteiger partial charge < -0.3 is 5.73 Å². The van der Waals surface area contributed by atoms with Crippen molar-refractivity contribution in [1.29, 1.82) is 0 Å². The Bertz CT molecular complexity index is 421. The number of halogens is 1. The molecule has 104 valence electrons. The predicted octanol–water partition coefficient (Wildman–Crippen LogP) is 1.31. The molecular weight excluding hydrogens is 272 g/mol. The largest absolute Gasteiger partial charge is 0.328 e. The number of benzene rings is 1. The van der Waals surface area contributed by atoms with Gasteiger partial charge in [0, 0.05) is 12.6 Å². The SMILES string of the molecule is CC(N)CCNS(=O)(=O)CCc1ccccc1.Cl. The maximum atomic E-state index is 11.6. The molecule has 1 unspecified atom stereocenters. The molecule has 0 saturated heterocycles. The normalized spacial score (nSPS) is 12.8. The summed E-state index contributed by atoms with van der Waals surface area (Å²) in [5, 5.41) is 0. The molecule has 1 rings (SSSR count). The van der Waals surface area contributed by atoms with E-state index in [-0.39, 0.29) is 24.2 Å². The van der Waals surface area contributed by atoms with Gasteiger partial charge in [0.05, 0.1) is 5.75 Å². The van der Waals surface area contributed by atoms with Crippen LogP contribution in [-0.2, 0) is 16.4 Å². The zero-order valence-electron chi connectivity index (χ0n) is 10.5. The van der Waals surface area contributed by atoms with Gasteiger partial charge in [0.15, 0.2) is 0 Å². The lowest BCUT2D eigenvalue weighted by molar-refractivity contribution is 0.571. The quantitative estimate of drug-likeness (QED) is 0.796. The van der Waals surface area contributed by atoms with Crippen LogP contribution in [0.5, 0.6) is 0 Å². The lowest BCUT2D eigenvalue weighted by atomic mass is 10.2. The van der Waals surface area contributed by atoms with Gasteiger partial charge in [-0.15, -0.1) is 12.4 Å². The minimum atomic E-state index is -3.18. The van der Waals surface area contributed by atoms with E-state index in [1.165, 1.54) is 0 Å². The molecule has 1 aromatic carbocycles. The molecule has 0 aromatic heterocycles. The fourth-order valence-electron chi connectivity index (χ4n) is 1.41. The molecule has 0 aliphatic heterocycles. The Morgan fingerprint density at radius 1 is 1.28 bits per heavy atom. The third-order valence-electron chi connectivity index (χ3n) is 2.42. The van der Waals surface area contributed by atoms with Crippen LogP contribution >= 0.6 is 12.4 Å². The van der Waals surface area contributed by atoms with Crippen molar-refractivity contribution in [3.8, 4) is 0 Å². The number of hydrogen-bond donors (Lipinski definition) is 2. The molecule has 0 aliphatic carbocycles. The van der Waals surface area contributed by atoms with Crippen molar-refractivity contribution in [1.82, 2.24) is 4.72 Å². The van der Waals surface area contributed by atoms with Crippen LogP contribution < -0.4 is 10.5 Å². The van der Waals surface area contributed by atoms with Gasteiger partial charge in [0.2, 0.25) is 10.0 Å². The van der Waals surface area contributed by atoms with E-state index < -0.39 is 10.0 Å². The van der Waals surface area contributed by atoms with Crippen LogP contribution in [0.25, 0.3) is 0 Å². The highest BCUT2D eigenvalue weighted by atomic mass is 35.5. The van der Waals surface area contributed by atoms with Gasteiger partial charge in [-0.1, -0.05) is 30.3 Å². The van der Waals surface area contributed by atoms with Crippen LogP contribution in [0.2, 0.25) is 0 Å². The monoisotopic (exact) mass is 292 g/mol. The first kappa shape index (κ1) is 17.4. The van der Waals surface area contributed by atoms with Crippen LogP contribution in [-0.4, -0.2) is 26.8 Å². The van der Waals surface area contributed by atoms with Crippen molar-refractivity contribution < 1.29 is 8.42 Å². The van der Waals surface area contributed by atoms with Gasteiger partial charge in [-0.05, 0) is 25.3 Å². The summed E-state index contributed by atoms with van der Waals surface area (Å²) >= 11 is 0. The summed E-state index contributed by atoms with van der Waals surface area (Å²) in [4.78, 5) is 0. The summed E-state index contributed by atoms with van der Waals surface area (Å²) in [6.07, 6.45) is 1.19. The molecule has 1 atom stereocenters. The number of aryl methyl sites for hydroxylation is 1. The average molecular weight is 293 g/mol. The molecular formula is C12H21ClN2O2S. The Morgan fingerprint density at radius 3 is 2.44 bits per heavy atom. The van der Waals surface area contributed by atoms with Crippen molar-refractivity contribution in [2.45, 2.75) is 25.8 Å². The molecule has 1 aromatic rings. The van der Waals surface area contributed by atoms with Crippen molar-refractivity contribution in [2.75, 3.05) is 12.3 Å². The van der Waals surface area contributed by atoms with E-state index in [4.69, 9.17) is 5.73 Å². The first-order valence-corrected chi connectivity index (χ1v) is 7.42. The second-order valence-electron chi connectivity index (χ2n) is 4.21. The van der Waals surface area contributed by atoms with Crippen LogP contribution in [0.4, 0.5) is 0 Å². The molecule has 4 nitrogen and oxygen atoms in total. The summed E-state index contributed by atoms with van der Waals surface area (Å²) in [7, 11) is -3.18. The summed E-state index contributed by atoms with van der Waals surface area (Å²) in [5.74, 6) is 0.121. The Labute approximate surface area is 115 Å². The number of nitrogens with one attached hydrogen (secondary N) is 1. The minimum Gasteiger partial charge on any atom is -0.328 e. The first-order chi connectivity index (χ1) is 7.99. The molecule has 0 radical (unpaired) electrons. The van der Waals surface area contributed by atoms with E-state index in [0.717, 1.165) is 5.56 Å². The second kappa shape index (κ2) is 8.48. The fourth-order valence-corrected chi connectivity index (χ4v) is 2.49. The molecule has 0 aliphatic rings. The van der Waals surface area contributed by atoms with Gasteiger partial charge in [0.1, 0.15) is 0 Å². The van der Waals surface area contributed by atoms with E-state index in [0.29, 0.717) is 19.4 Å². The number of sulfonamides is 1. The topological polar surface area (TPSA) is 72.2 Å². The molecule has 3 N–H and O–H groups in total. The van der Waals surface area contributed by atoms with Crippen LogP contribution in [0.1, 0.15) is 18.9 Å². The van der Waals surface area contributed by atoms with E-state index >= 15 is 0 Å². The molecule has 0 spiro atoms. The van der Waals surface area contributed by atoms with Gasteiger partial charge >= 0.3 is 0 Å². The Balaban J connectivity index is 0.00000289. The van der Waals surface area contributed by atoms with E-state index in [1.54, 1.807) is 0 Å². The third kappa shape index (κ3) is 7.66. The summed E-state index contributed by atoms with van der Waals surface area (Å²) in [5.41, 5.74) is 6.58. The van der Waals surface area contributed by atoms with Gasteiger partial charge in [-0.3, -0.25) is 0 Å². The number of rotatable bonds is 7. The molecule has 0 saturated carbocycles. The van der Waals surface area contributed by atoms with Gasteiger partial charge in [0.25, 0.3) is 0 Å². The summed E-state index contributed by atoms with van der Waals surface area (Å²) < 4.78 is 25.8. The zero-order chi connectivity index (χ0) is 12.7. The van der Waals surface area contributed by atoms with E-state index in [9.17, 15) is 8.42 Å². The van der Waals surface area contributed by atoms with Crippen molar-refractivity contribution >= 4 is 22.4 Å². The molecule has 0 heterocycles. The molecule has 0 fully saturated rings. The standard InChI is InChI=1S/C12H20N2O2S.ClH/c1-11(13)7-9-14-17(15,16)10-8-12-5-3-2-4-6-12;/h2-6,11,14H,7-10,13H2,1H3;1H. The number of nitrogens with two attached hydrogens (primary N) is 1. The molecule has 0 amide bonds. The molecule has 0 bridgehead atoms. The minimum absolute atomic E-state index is 0. The van der Waals surface area contributed by atoms with Gasteiger partial charge in [-0.25, -0.2) is 13.1 Å².